The van der Waals surface area contributed by atoms with Crippen molar-refractivity contribution < 1.29 is 19.4 Å². The monoisotopic (exact) mass is 287 g/mol. The van der Waals surface area contributed by atoms with E-state index in [1.165, 1.54) is 24.9 Å². The largest absolute Gasteiger partial charge is 0.480 e. The first-order valence-electron chi connectivity index (χ1n) is 7.00. The van der Waals surface area contributed by atoms with Gasteiger partial charge in [0.1, 0.15) is 6.04 Å². The molecule has 2 amide bonds. The topological polar surface area (TPSA) is 82.1 Å². The van der Waals surface area contributed by atoms with Crippen molar-refractivity contribution in [2.45, 2.75) is 25.3 Å². The number of likely N-dealkylation sites (tertiary alicyclic amines) is 1. The molecule has 1 unspecified atom stereocenters. The SMILES string of the molecule is COCCC(NC(=O)N(C)CCN1CCCC1)C(=O)O. The molecule has 0 aliphatic carbocycles. The molecule has 7 heteroatoms. The Hall–Kier alpha value is -1.34. The van der Waals surface area contributed by atoms with Gasteiger partial charge in [-0.05, 0) is 25.9 Å². The summed E-state index contributed by atoms with van der Waals surface area (Å²) in [6, 6.07) is -1.26. The van der Waals surface area contributed by atoms with Crippen LogP contribution >= 0.6 is 0 Å². The number of hydrogen-bond donors (Lipinski definition) is 2. The average Bonchev–Trinajstić information content (AvgIpc) is 2.93. The molecule has 1 heterocycles. The summed E-state index contributed by atoms with van der Waals surface area (Å²) in [5.74, 6) is -1.04. The molecule has 0 spiro atoms. The van der Waals surface area contributed by atoms with Crippen molar-refractivity contribution in [3.05, 3.63) is 0 Å². The molecule has 0 aromatic heterocycles. The number of carbonyl (C=O) groups excluding carboxylic acids is 1. The van der Waals surface area contributed by atoms with Crippen LogP contribution in [0.1, 0.15) is 19.3 Å². The lowest BCUT2D eigenvalue weighted by molar-refractivity contribution is -0.139. The maximum absolute atomic E-state index is 11.9. The highest BCUT2D eigenvalue weighted by atomic mass is 16.5. The molecule has 1 saturated heterocycles. The summed E-state index contributed by atoms with van der Waals surface area (Å²) in [6.45, 7) is 3.90. The quantitative estimate of drug-likeness (QED) is 0.667. The van der Waals surface area contributed by atoms with Crippen LogP contribution in [0.15, 0.2) is 0 Å². The zero-order chi connectivity index (χ0) is 15.0. The van der Waals surface area contributed by atoms with E-state index in [-0.39, 0.29) is 12.5 Å². The normalized spacial score (nSPS) is 16.9. The Kier molecular flexibility index (Phi) is 7.32. The van der Waals surface area contributed by atoms with E-state index in [0.717, 1.165) is 19.6 Å². The van der Waals surface area contributed by atoms with Crippen molar-refractivity contribution >= 4 is 12.0 Å². The van der Waals surface area contributed by atoms with Gasteiger partial charge in [-0.25, -0.2) is 9.59 Å². The molecular formula is C13H25N3O4. The second kappa shape index (κ2) is 8.76. The van der Waals surface area contributed by atoms with Gasteiger partial charge in [0, 0.05) is 40.3 Å². The van der Waals surface area contributed by atoms with Gasteiger partial charge in [-0.1, -0.05) is 0 Å². The average molecular weight is 287 g/mol. The number of hydrogen-bond acceptors (Lipinski definition) is 4. The Morgan fingerprint density at radius 2 is 2.05 bits per heavy atom. The molecule has 0 aromatic carbocycles. The van der Waals surface area contributed by atoms with Gasteiger partial charge in [0.15, 0.2) is 0 Å². The summed E-state index contributed by atoms with van der Waals surface area (Å²) in [5, 5.41) is 11.6. The minimum atomic E-state index is -1.04. The van der Waals surface area contributed by atoms with E-state index in [9.17, 15) is 9.59 Å². The fourth-order valence-corrected chi connectivity index (χ4v) is 2.15. The van der Waals surface area contributed by atoms with Crippen LogP contribution in [-0.4, -0.2) is 79.9 Å². The Morgan fingerprint density at radius 3 is 2.60 bits per heavy atom. The summed E-state index contributed by atoms with van der Waals surface area (Å²) in [6.07, 6.45) is 2.69. The van der Waals surface area contributed by atoms with Gasteiger partial charge in [-0.2, -0.15) is 0 Å². The van der Waals surface area contributed by atoms with Crippen LogP contribution in [0, 0.1) is 0 Å². The van der Waals surface area contributed by atoms with E-state index in [1.807, 2.05) is 0 Å². The van der Waals surface area contributed by atoms with Gasteiger partial charge in [-0.15, -0.1) is 0 Å². The fourth-order valence-electron chi connectivity index (χ4n) is 2.15. The molecule has 0 radical (unpaired) electrons. The minimum absolute atomic E-state index is 0.261. The summed E-state index contributed by atoms with van der Waals surface area (Å²) >= 11 is 0. The van der Waals surface area contributed by atoms with E-state index >= 15 is 0 Å². The number of urea groups is 1. The number of carboxylic acids is 1. The number of nitrogens with zero attached hydrogens (tertiary/aromatic N) is 2. The van der Waals surface area contributed by atoms with E-state index in [1.54, 1.807) is 7.05 Å². The van der Waals surface area contributed by atoms with Crippen LogP contribution < -0.4 is 5.32 Å². The Bertz CT molecular complexity index is 319. The molecule has 1 aliphatic rings. The zero-order valence-electron chi connectivity index (χ0n) is 12.3. The first-order valence-corrected chi connectivity index (χ1v) is 7.00. The number of amides is 2. The predicted octanol–water partition coefficient (Wildman–Crippen LogP) is 0.213. The van der Waals surface area contributed by atoms with E-state index in [2.05, 4.69) is 10.2 Å². The Morgan fingerprint density at radius 1 is 1.40 bits per heavy atom. The molecule has 7 nitrogen and oxygen atoms in total. The van der Waals surface area contributed by atoms with Crippen molar-refractivity contribution in [1.82, 2.24) is 15.1 Å². The van der Waals surface area contributed by atoms with Gasteiger partial charge >= 0.3 is 12.0 Å². The fraction of sp³-hybridized carbons (Fsp3) is 0.846. The highest BCUT2D eigenvalue weighted by Gasteiger charge is 2.21. The van der Waals surface area contributed by atoms with Gasteiger partial charge in [0.05, 0.1) is 0 Å². The smallest absolute Gasteiger partial charge is 0.326 e. The third kappa shape index (κ3) is 5.75. The van der Waals surface area contributed by atoms with Gasteiger partial charge in [0.25, 0.3) is 0 Å². The molecule has 20 heavy (non-hydrogen) atoms. The molecule has 1 atom stereocenters. The molecule has 0 saturated carbocycles. The molecule has 0 bridgehead atoms. The number of likely N-dealkylation sites (N-methyl/N-ethyl adjacent to an activating group) is 1. The van der Waals surface area contributed by atoms with Crippen LogP contribution in [0.3, 0.4) is 0 Å². The molecule has 116 valence electrons. The maximum Gasteiger partial charge on any atom is 0.326 e. The third-order valence-corrected chi connectivity index (χ3v) is 3.50. The first-order chi connectivity index (χ1) is 9.54. The molecule has 1 aliphatic heterocycles. The summed E-state index contributed by atoms with van der Waals surface area (Å²) in [4.78, 5) is 26.8. The number of carboxylic acid groups (broad SMARTS) is 1. The number of ether oxygens (including phenoxy) is 1. The lowest BCUT2D eigenvalue weighted by atomic mass is 10.2. The van der Waals surface area contributed by atoms with E-state index in [4.69, 9.17) is 9.84 Å². The molecule has 1 fully saturated rings. The van der Waals surface area contributed by atoms with Gasteiger partial charge < -0.3 is 25.0 Å². The molecule has 2 N–H and O–H groups in total. The maximum atomic E-state index is 11.9. The number of methoxy groups -OCH3 is 1. The predicted molar refractivity (Wildman–Crippen MR) is 74.8 cm³/mol. The van der Waals surface area contributed by atoms with Crippen LogP contribution in [0.4, 0.5) is 4.79 Å². The van der Waals surface area contributed by atoms with Crippen LogP contribution in [0.5, 0.6) is 0 Å². The number of carbonyl (C=O) groups is 2. The Balaban J connectivity index is 2.32. The van der Waals surface area contributed by atoms with E-state index < -0.39 is 12.0 Å². The highest BCUT2D eigenvalue weighted by Crippen LogP contribution is 2.06. The number of nitrogens with one attached hydrogen (secondary N) is 1. The summed E-state index contributed by atoms with van der Waals surface area (Å²) in [5.41, 5.74) is 0. The van der Waals surface area contributed by atoms with Crippen LogP contribution in [0.25, 0.3) is 0 Å². The number of aliphatic carboxylic acids is 1. The summed E-state index contributed by atoms with van der Waals surface area (Å²) < 4.78 is 4.84. The van der Waals surface area contributed by atoms with Crippen LogP contribution in [-0.2, 0) is 9.53 Å². The second-order valence-corrected chi connectivity index (χ2v) is 5.09. The first kappa shape index (κ1) is 16.7. The van der Waals surface area contributed by atoms with Crippen molar-refractivity contribution in [3.8, 4) is 0 Å². The van der Waals surface area contributed by atoms with Crippen LogP contribution in [0.2, 0.25) is 0 Å². The summed E-state index contributed by atoms with van der Waals surface area (Å²) in [7, 11) is 3.18. The van der Waals surface area contributed by atoms with Crippen molar-refractivity contribution in [1.29, 1.82) is 0 Å². The van der Waals surface area contributed by atoms with Gasteiger partial charge in [-0.3, -0.25) is 0 Å². The van der Waals surface area contributed by atoms with Crippen molar-refractivity contribution in [2.24, 2.45) is 0 Å². The lowest BCUT2D eigenvalue weighted by Crippen LogP contribution is -2.48. The third-order valence-electron chi connectivity index (χ3n) is 3.50. The van der Waals surface area contributed by atoms with Crippen molar-refractivity contribution in [3.63, 3.8) is 0 Å². The lowest BCUT2D eigenvalue weighted by Gasteiger charge is -2.23. The van der Waals surface area contributed by atoms with E-state index in [0.29, 0.717) is 13.2 Å². The Labute approximate surface area is 119 Å². The minimum Gasteiger partial charge on any atom is -0.480 e. The zero-order valence-corrected chi connectivity index (χ0v) is 12.3. The van der Waals surface area contributed by atoms with Crippen molar-refractivity contribution in [2.75, 3.05) is 46.9 Å². The van der Waals surface area contributed by atoms with Gasteiger partial charge in [0.2, 0.25) is 0 Å². The standard InChI is InChI=1S/C13H25N3O4/c1-15(8-9-16-6-3-4-7-16)13(19)14-11(12(17)18)5-10-20-2/h11H,3-10H2,1-2H3,(H,14,19)(H,17,18). The second-order valence-electron chi connectivity index (χ2n) is 5.09. The molecule has 0 aromatic rings. The number of rotatable bonds is 8. The molecule has 1 rings (SSSR count). The highest BCUT2D eigenvalue weighted by molar-refractivity contribution is 5.82. The molecular weight excluding hydrogens is 262 g/mol.